The summed E-state index contributed by atoms with van der Waals surface area (Å²) >= 11 is 0. The second kappa shape index (κ2) is 4.12. The number of hydrogen-bond acceptors (Lipinski definition) is 3. The lowest BCUT2D eigenvalue weighted by Crippen LogP contribution is -2.10. The maximum Gasteiger partial charge on any atom is 0.162 e. The Kier molecular flexibility index (Phi) is 2.81. The first-order valence-electron chi connectivity index (χ1n) is 5.64. The number of rotatable bonds is 3. The fourth-order valence-corrected chi connectivity index (χ4v) is 1.80. The summed E-state index contributed by atoms with van der Waals surface area (Å²) in [5.74, 6) is 0. The van der Waals surface area contributed by atoms with Crippen molar-refractivity contribution in [2.75, 3.05) is 19.0 Å². The van der Waals surface area contributed by atoms with Gasteiger partial charge in [-0.05, 0) is 19.4 Å². The topological polar surface area (TPSA) is 34.0 Å². The Morgan fingerprint density at radius 2 is 2.12 bits per heavy atom. The van der Waals surface area contributed by atoms with Crippen LogP contribution in [0.5, 0.6) is 0 Å². The average Bonchev–Trinajstić information content (AvgIpc) is 2.71. The maximum atomic E-state index is 4.47. The third kappa shape index (κ3) is 1.64. The molecular weight excluding hydrogens is 200 g/mol. The summed E-state index contributed by atoms with van der Waals surface area (Å²) in [5, 5.41) is 0. The van der Waals surface area contributed by atoms with Crippen LogP contribution >= 0.6 is 0 Å². The van der Waals surface area contributed by atoms with Crippen molar-refractivity contribution < 1.29 is 0 Å². The predicted octanol–water partition coefficient (Wildman–Crippen LogP) is 2.47. The van der Waals surface area contributed by atoms with Crippen LogP contribution in [0.4, 0.5) is 5.69 Å². The van der Waals surface area contributed by atoms with Gasteiger partial charge in [0.1, 0.15) is 5.52 Å². The smallest absolute Gasteiger partial charge is 0.162 e. The largest absolute Gasteiger partial charge is 0.376 e. The molecule has 0 aliphatic rings. The van der Waals surface area contributed by atoms with Gasteiger partial charge in [0.2, 0.25) is 0 Å². The minimum atomic E-state index is 0.440. The molecule has 0 fully saturated rings. The Morgan fingerprint density at radius 3 is 2.75 bits per heavy atom. The van der Waals surface area contributed by atoms with Gasteiger partial charge in [-0.3, -0.25) is 0 Å². The second-order valence-corrected chi connectivity index (χ2v) is 4.31. The quantitative estimate of drug-likeness (QED) is 0.793. The van der Waals surface area contributed by atoms with Crippen LogP contribution in [0.15, 0.2) is 18.6 Å². The molecule has 2 rings (SSSR count). The molecule has 0 saturated heterocycles. The summed E-state index contributed by atoms with van der Waals surface area (Å²) in [6.07, 6.45) is 4.82. The van der Waals surface area contributed by atoms with Gasteiger partial charge in [0.15, 0.2) is 5.65 Å². The van der Waals surface area contributed by atoms with E-state index in [0.717, 1.165) is 23.3 Å². The number of pyridine rings is 1. The van der Waals surface area contributed by atoms with Crippen LogP contribution < -0.4 is 4.90 Å². The van der Waals surface area contributed by atoms with E-state index >= 15 is 0 Å². The fourth-order valence-electron chi connectivity index (χ4n) is 1.80. The Balaban J connectivity index is 2.61. The van der Waals surface area contributed by atoms with E-state index in [1.165, 1.54) is 0 Å². The van der Waals surface area contributed by atoms with Gasteiger partial charge in [-0.15, -0.1) is 0 Å². The number of fused-ring (bicyclic) bond motifs is 1. The van der Waals surface area contributed by atoms with Crippen LogP contribution in [-0.4, -0.2) is 28.6 Å². The fraction of sp³-hybridized carbons (Fsp3) is 0.500. The highest BCUT2D eigenvalue weighted by Gasteiger charge is 2.12. The average molecular weight is 218 g/mol. The molecule has 86 valence electrons. The summed E-state index contributed by atoms with van der Waals surface area (Å²) < 4.78 is 2.14. The van der Waals surface area contributed by atoms with E-state index in [4.69, 9.17) is 0 Å². The van der Waals surface area contributed by atoms with Gasteiger partial charge in [0, 0.05) is 26.3 Å². The zero-order valence-electron chi connectivity index (χ0n) is 10.3. The number of imidazole rings is 1. The molecule has 0 saturated carbocycles. The van der Waals surface area contributed by atoms with Crippen LogP contribution in [0.3, 0.4) is 0 Å². The number of anilines is 1. The molecule has 0 bridgehead atoms. The molecule has 0 spiro atoms. The minimum Gasteiger partial charge on any atom is -0.376 e. The maximum absolute atomic E-state index is 4.47. The van der Waals surface area contributed by atoms with Gasteiger partial charge in [-0.2, -0.15) is 0 Å². The minimum absolute atomic E-state index is 0.440. The molecule has 0 aliphatic heterocycles. The summed E-state index contributed by atoms with van der Waals surface area (Å²) in [7, 11) is 4.05. The van der Waals surface area contributed by atoms with Gasteiger partial charge in [0.25, 0.3) is 0 Å². The van der Waals surface area contributed by atoms with Crippen LogP contribution in [0, 0.1) is 0 Å². The molecule has 0 N–H and O–H groups in total. The third-order valence-corrected chi connectivity index (χ3v) is 2.99. The molecule has 0 aromatic carbocycles. The normalized spacial score (nSPS) is 13.0. The molecule has 0 radical (unpaired) electrons. The first-order chi connectivity index (χ1) is 7.65. The Bertz CT molecular complexity index is 487. The van der Waals surface area contributed by atoms with Gasteiger partial charge in [-0.1, -0.05) is 6.92 Å². The molecule has 4 nitrogen and oxygen atoms in total. The first kappa shape index (κ1) is 10.9. The van der Waals surface area contributed by atoms with Crippen molar-refractivity contribution in [1.29, 1.82) is 0 Å². The number of nitrogens with zero attached hydrogens (tertiary/aromatic N) is 4. The highest BCUT2D eigenvalue weighted by Crippen LogP contribution is 2.24. The van der Waals surface area contributed by atoms with Gasteiger partial charge in [0.05, 0.1) is 12.0 Å². The zero-order chi connectivity index (χ0) is 11.7. The highest BCUT2D eigenvalue weighted by molar-refractivity contribution is 5.85. The van der Waals surface area contributed by atoms with Gasteiger partial charge >= 0.3 is 0 Å². The van der Waals surface area contributed by atoms with E-state index in [9.17, 15) is 0 Å². The molecule has 2 aromatic heterocycles. The van der Waals surface area contributed by atoms with Crippen molar-refractivity contribution in [3.8, 4) is 0 Å². The summed E-state index contributed by atoms with van der Waals surface area (Å²) in [4.78, 5) is 11.0. The molecule has 16 heavy (non-hydrogen) atoms. The van der Waals surface area contributed by atoms with Crippen molar-refractivity contribution >= 4 is 16.9 Å². The van der Waals surface area contributed by atoms with Crippen LogP contribution in [0.25, 0.3) is 11.2 Å². The molecule has 2 aromatic rings. The molecule has 4 heteroatoms. The molecule has 2 heterocycles. The van der Waals surface area contributed by atoms with Crippen molar-refractivity contribution in [2.45, 2.75) is 26.3 Å². The molecule has 0 amide bonds. The summed E-state index contributed by atoms with van der Waals surface area (Å²) in [5.41, 5.74) is 3.07. The summed E-state index contributed by atoms with van der Waals surface area (Å²) in [6, 6.07) is 2.44. The Hall–Kier alpha value is -1.58. The standard InChI is InChI=1S/C12H18N4/c1-5-9(2)16-8-14-11-10(15(3)4)6-7-13-12(11)16/h6-9H,5H2,1-4H3. The summed E-state index contributed by atoms with van der Waals surface area (Å²) in [6.45, 7) is 4.36. The SMILES string of the molecule is CCC(C)n1cnc2c(N(C)C)ccnc21. The van der Waals surface area contributed by atoms with Gasteiger partial charge < -0.3 is 9.47 Å². The lowest BCUT2D eigenvalue weighted by atomic mass is 10.2. The van der Waals surface area contributed by atoms with E-state index in [2.05, 4.69) is 33.3 Å². The second-order valence-electron chi connectivity index (χ2n) is 4.31. The third-order valence-electron chi connectivity index (χ3n) is 2.99. The predicted molar refractivity (Wildman–Crippen MR) is 66.9 cm³/mol. The van der Waals surface area contributed by atoms with E-state index in [0.29, 0.717) is 6.04 Å². The lowest BCUT2D eigenvalue weighted by Gasteiger charge is -2.14. The Labute approximate surface area is 95.9 Å². The van der Waals surface area contributed by atoms with E-state index in [1.54, 1.807) is 0 Å². The first-order valence-corrected chi connectivity index (χ1v) is 5.64. The van der Waals surface area contributed by atoms with Crippen molar-refractivity contribution in [1.82, 2.24) is 14.5 Å². The van der Waals surface area contributed by atoms with Crippen molar-refractivity contribution in [3.05, 3.63) is 18.6 Å². The van der Waals surface area contributed by atoms with E-state index < -0.39 is 0 Å². The highest BCUT2D eigenvalue weighted by atomic mass is 15.1. The lowest BCUT2D eigenvalue weighted by molar-refractivity contribution is 0.541. The van der Waals surface area contributed by atoms with Crippen LogP contribution in [0.1, 0.15) is 26.3 Å². The van der Waals surface area contributed by atoms with Gasteiger partial charge in [-0.25, -0.2) is 9.97 Å². The van der Waals surface area contributed by atoms with Crippen molar-refractivity contribution in [3.63, 3.8) is 0 Å². The van der Waals surface area contributed by atoms with Crippen LogP contribution in [0.2, 0.25) is 0 Å². The monoisotopic (exact) mass is 218 g/mol. The zero-order valence-corrected chi connectivity index (χ0v) is 10.3. The number of aromatic nitrogens is 3. The number of hydrogen-bond donors (Lipinski definition) is 0. The van der Waals surface area contributed by atoms with E-state index in [-0.39, 0.29) is 0 Å². The molecule has 1 unspecified atom stereocenters. The Morgan fingerprint density at radius 1 is 1.38 bits per heavy atom. The molecular formula is C12H18N4. The van der Waals surface area contributed by atoms with Crippen LogP contribution in [-0.2, 0) is 0 Å². The van der Waals surface area contributed by atoms with E-state index in [1.807, 2.05) is 32.7 Å². The molecule has 0 aliphatic carbocycles. The molecule has 1 atom stereocenters. The van der Waals surface area contributed by atoms with Crippen molar-refractivity contribution in [2.24, 2.45) is 0 Å².